The summed E-state index contributed by atoms with van der Waals surface area (Å²) in [5.41, 5.74) is 5.45. The fourth-order valence-corrected chi connectivity index (χ4v) is 4.01. The van der Waals surface area contributed by atoms with E-state index in [9.17, 15) is 23.1 Å². The van der Waals surface area contributed by atoms with Gasteiger partial charge in [-0.2, -0.15) is 4.31 Å². The number of aliphatic hydroxyl groups excluding tert-OH is 1. The molecule has 2 unspecified atom stereocenters. The Morgan fingerprint density at radius 2 is 2.05 bits per heavy atom. The Labute approximate surface area is 122 Å². The van der Waals surface area contributed by atoms with Crippen LogP contribution in [0.2, 0.25) is 0 Å². The number of carbonyl (C=O) groups is 2. The van der Waals surface area contributed by atoms with E-state index in [4.69, 9.17) is 5.73 Å². The topological polar surface area (TPSA) is 118 Å². The van der Waals surface area contributed by atoms with Gasteiger partial charge in [0.05, 0.1) is 11.0 Å². The van der Waals surface area contributed by atoms with E-state index in [0.29, 0.717) is 0 Å². The molecule has 7 nitrogen and oxygen atoms in total. The number of nitrogens with two attached hydrogens (primary N) is 1. The number of hydrogen-bond acceptors (Lipinski definition) is 5. The number of rotatable bonds is 4. The van der Waals surface area contributed by atoms with Gasteiger partial charge in [-0.15, -0.1) is 0 Å². The second-order valence-corrected chi connectivity index (χ2v) is 6.86. The Morgan fingerprint density at radius 1 is 1.38 bits per heavy atom. The Bertz CT molecular complexity index is 686. The largest absolute Gasteiger partial charge is 0.392 e. The Hall–Kier alpha value is -1.77. The van der Waals surface area contributed by atoms with Crippen LogP contribution in [0.4, 0.5) is 0 Å². The molecule has 114 valence electrons. The van der Waals surface area contributed by atoms with Crippen LogP contribution in [0.15, 0.2) is 29.2 Å². The highest BCUT2D eigenvalue weighted by molar-refractivity contribution is 7.89. The summed E-state index contributed by atoms with van der Waals surface area (Å²) < 4.78 is 26.0. The van der Waals surface area contributed by atoms with Crippen molar-refractivity contribution in [2.45, 2.75) is 30.4 Å². The van der Waals surface area contributed by atoms with E-state index in [2.05, 4.69) is 0 Å². The van der Waals surface area contributed by atoms with Crippen LogP contribution in [0.5, 0.6) is 0 Å². The van der Waals surface area contributed by atoms with Gasteiger partial charge in [-0.3, -0.25) is 9.59 Å². The SMILES string of the molecule is CC(=O)c1cccc(S(=O)(=O)N2CC(O)CC2C(N)=O)c1. The first-order chi connectivity index (χ1) is 9.73. The third-order valence-electron chi connectivity index (χ3n) is 3.41. The Balaban J connectivity index is 2.44. The van der Waals surface area contributed by atoms with E-state index in [1.165, 1.54) is 31.2 Å². The lowest BCUT2D eigenvalue weighted by atomic mass is 10.2. The molecular weight excluding hydrogens is 296 g/mol. The van der Waals surface area contributed by atoms with Gasteiger partial charge in [0.2, 0.25) is 15.9 Å². The highest BCUT2D eigenvalue weighted by Crippen LogP contribution is 2.26. The van der Waals surface area contributed by atoms with E-state index in [1.54, 1.807) is 0 Å². The molecule has 1 amide bonds. The first kappa shape index (κ1) is 15.6. The van der Waals surface area contributed by atoms with Crippen molar-refractivity contribution in [3.63, 3.8) is 0 Å². The Kier molecular flexibility index (Phi) is 4.13. The van der Waals surface area contributed by atoms with E-state index in [1.807, 2.05) is 0 Å². The quantitative estimate of drug-likeness (QED) is 0.727. The van der Waals surface area contributed by atoms with Crippen molar-refractivity contribution in [2.24, 2.45) is 5.73 Å². The summed E-state index contributed by atoms with van der Waals surface area (Å²) in [5.74, 6) is -1.07. The van der Waals surface area contributed by atoms with Crippen LogP contribution in [-0.4, -0.2) is 48.2 Å². The molecule has 21 heavy (non-hydrogen) atoms. The Morgan fingerprint density at radius 3 is 2.62 bits per heavy atom. The average Bonchev–Trinajstić information content (AvgIpc) is 2.82. The van der Waals surface area contributed by atoms with Crippen molar-refractivity contribution < 1.29 is 23.1 Å². The van der Waals surface area contributed by atoms with Crippen molar-refractivity contribution in [1.29, 1.82) is 0 Å². The van der Waals surface area contributed by atoms with E-state index in [-0.39, 0.29) is 29.2 Å². The predicted molar refractivity (Wildman–Crippen MR) is 73.9 cm³/mol. The number of primary amides is 1. The summed E-state index contributed by atoms with van der Waals surface area (Å²) in [6.07, 6.45) is -0.964. The van der Waals surface area contributed by atoms with Gasteiger partial charge in [0, 0.05) is 18.5 Å². The molecule has 1 fully saturated rings. The van der Waals surface area contributed by atoms with Crippen LogP contribution in [0.1, 0.15) is 23.7 Å². The fourth-order valence-electron chi connectivity index (χ4n) is 2.32. The summed E-state index contributed by atoms with van der Waals surface area (Å²) in [6.45, 7) is 1.14. The van der Waals surface area contributed by atoms with Crippen LogP contribution < -0.4 is 5.73 Å². The number of ketones is 1. The zero-order valence-corrected chi connectivity index (χ0v) is 12.2. The average molecular weight is 312 g/mol. The number of amides is 1. The zero-order chi connectivity index (χ0) is 15.8. The minimum atomic E-state index is -4.00. The maximum Gasteiger partial charge on any atom is 0.243 e. The molecule has 0 aromatic heterocycles. The van der Waals surface area contributed by atoms with Crippen molar-refractivity contribution in [3.05, 3.63) is 29.8 Å². The number of sulfonamides is 1. The first-order valence-corrected chi connectivity index (χ1v) is 7.77. The molecule has 1 saturated heterocycles. The van der Waals surface area contributed by atoms with Crippen LogP contribution in [0.3, 0.4) is 0 Å². The van der Waals surface area contributed by atoms with Crippen LogP contribution >= 0.6 is 0 Å². The van der Waals surface area contributed by atoms with Gasteiger partial charge in [-0.05, 0) is 19.1 Å². The summed E-state index contributed by atoms with van der Waals surface area (Å²) in [4.78, 5) is 22.6. The molecule has 1 heterocycles. The molecule has 0 bridgehead atoms. The van der Waals surface area contributed by atoms with Crippen LogP contribution in [-0.2, 0) is 14.8 Å². The van der Waals surface area contributed by atoms with Gasteiger partial charge >= 0.3 is 0 Å². The second kappa shape index (κ2) is 5.55. The molecule has 0 radical (unpaired) electrons. The molecule has 2 rings (SSSR count). The monoisotopic (exact) mass is 312 g/mol. The molecule has 1 aliphatic heterocycles. The van der Waals surface area contributed by atoms with Crippen molar-refractivity contribution >= 4 is 21.7 Å². The van der Waals surface area contributed by atoms with Gasteiger partial charge in [0.1, 0.15) is 6.04 Å². The lowest BCUT2D eigenvalue weighted by Crippen LogP contribution is -2.43. The summed E-state index contributed by atoms with van der Waals surface area (Å²) in [6, 6.07) is 4.47. The van der Waals surface area contributed by atoms with Gasteiger partial charge in [-0.1, -0.05) is 12.1 Å². The number of β-amino-alcohol motifs (C(OH)–C–C–N with tert-alkyl or cyclic N) is 1. The van der Waals surface area contributed by atoms with Crippen LogP contribution in [0, 0.1) is 0 Å². The van der Waals surface area contributed by atoms with Crippen LogP contribution in [0.25, 0.3) is 0 Å². The minimum Gasteiger partial charge on any atom is -0.392 e. The van der Waals surface area contributed by atoms with E-state index in [0.717, 1.165) is 4.31 Å². The maximum absolute atomic E-state index is 12.6. The highest BCUT2D eigenvalue weighted by atomic mass is 32.2. The molecule has 8 heteroatoms. The first-order valence-electron chi connectivity index (χ1n) is 6.33. The molecular formula is C13H16N2O5S. The highest BCUT2D eigenvalue weighted by Gasteiger charge is 2.42. The number of Topliss-reactive ketones (excluding diaryl/α,β-unsaturated/α-hetero) is 1. The van der Waals surface area contributed by atoms with E-state index < -0.39 is 28.1 Å². The maximum atomic E-state index is 12.6. The molecule has 0 aliphatic carbocycles. The van der Waals surface area contributed by atoms with Crippen molar-refractivity contribution in [3.8, 4) is 0 Å². The number of carbonyl (C=O) groups excluding carboxylic acids is 2. The fraction of sp³-hybridized carbons (Fsp3) is 0.385. The van der Waals surface area contributed by atoms with Gasteiger partial charge in [-0.25, -0.2) is 8.42 Å². The van der Waals surface area contributed by atoms with Crippen molar-refractivity contribution in [2.75, 3.05) is 6.54 Å². The molecule has 1 aromatic carbocycles. The summed E-state index contributed by atoms with van der Waals surface area (Å²) in [7, 11) is -4.00. The third-order valence-corrected chi connectivity index (χ3v) is 5.28. The molecule has 1 aromatic rings. The van der Waals surface area contributed by atoms with Crippen molar-refractivity contribution in [1.82, 2.24) is 4.31 Å². The predicted octanol–water partition coefficient (Wildman–Crippen LogP) is -0.502. The van der Waals surface area contributed by atoms with Gasteiger partial charge in [0.15, 0.2) is 5.78 Å². The second-order valence-electron chi connectivity index (χ2n) is 4.97. The van der Waals surface area contributed by atoms with Gasteiger partial charge < -0.3 is 10.8 Å². The molecule has 0 saturated carbocycles. The smallest absolute Gasteiger partial charge is 0.243 e. The zero-order valence-electron chi connectivity index (χ0n) is 11.4. The molecule has 1 aliphatic rings. The number of hydrogen-bond donors (Lipinski definition) is 2. The molecule has 0 spiro atoms. The number of aliphatic hydroxyl groups is 1. The summed E-state index contributed by atoms with van der Waals surface area (Å²) in [5, 5.41) is 9.60. The lowest BCUT2D eigenvalue weighted by molar-refractivity contribution is -0.121. The minimum absolute atomic E-state index is 0.0268. The van der Waals surface area contributed by atoms with Gasteiger partial charge in [0.25, 0.3) is 0 Å². The van der Waals surface area contributed by atoms with E-state index >= 15 is 0 Å². The standard InChI is InChI=1S/C13H16N2O5S/c1-8(16)9-3-2-4-11(5-9)21(19,20)15-7-10(17)6-12(15)13(14)18/h2-5,10,12,17H,6-7H2,1H3,(H2,14,18). The normalized spacial score (nSPS) is 23.1. The number of nitrogens with zero attached hydrogens (tertiary/aromatic N) is 1. The molecule has 2 atom stereocenters. The number of benzene rings is 1. The summed E-state index contributed by atoms with van der Waals surface area (Å²) >= 11 is 0. The lowest BCUT2D eigenvalue weighted by Gasteiger charge is -2.21. The molecule has 3 N–H and O–H groups in total. The third kappa shape index (κ3) is 2.97.